The van der Waals surface area contributed by atoms with Crippen LogP contribution in [0.2, 0.25) is 0 Å². The Morgan fingerprint density at radius 1 is 1.38 bits per heavy atom. The zero-order valence-electron chi connectivity index (χ0n) is 12.6. The maximum absolute atomic E-state index is 14.0. The highest BCUT2D eigenvalue weighted by atomic mass is 19.1. The van der Waals surface area contributed by atoms with Crippen LogP contribution < -0.4 is 10.5 Å². The largest absolute Gasteiger partial charge is 0.490 e. The van der Waals surface area contributed by atoms with Gasteiger partial charge >= 0.3 is 0 Å². The molecule has 0 amide bonds. The van der Waals surface area contributed by atoms with Crippen molar-refractivity contribution >= 4 is 0 Å². The minimum absolute atomic E-state index is 0.0704. The SMILES string of the molecule is CCC(N)Cc1ccc(OCCc2ccnn2C)c(F)c1. The summed E-state index contributed by atoms with van der Waals surface area (Å²) in [6.07, 6.45) is 3.99. The number of aromatic nitrogens is 2. The van der Waals surface area contributed by atoms with Crippen LogP contribution in [0.25, 0.3) is 0 Å². The topological polar surface area (TPSA) is 53.1 Å². The fourth-order valence-corrected chi connectivity index (χ4v) is 2.15. The molecule has 0 saturated heterocycles. The Labute approximate surface area is 124 Å². The number of halogens is 1. The second-order valence-electron chi connectivity index (χ2n) is 5.18. The Morgan fingerprint density at radius 2 is 2.19 bits per heavy atom. The third kappa shape index (κ3) is 4.29. The average Bonchev–Trinajstić information content (AvgIpc) is 2.86. The lowest BCUT2D eigenvalue weighted by Crippen LogP contribution is -2.21. The fraction of sp³-hybridized carbons (Fsp3) is 0.438. The molecule has 1 unspecified atom stereocenters. The van der Waals surface area contributed by atoms with Gasteiger partial charge in [0.2, 0.25) is 0 Å². The van der Waals surface area contributed by atoms with Gasteiger partial charge < -0.3 is 10.5 Å². The van der Waals surface area contributed by atoms with Crippen molar-refractivity contribution in [2.24, 2.45) is 12.8 Å². The van der Waals surface area contributed by atoms with Crippen LogP contribution >= 0.6 is 0 Å². The summed E-state index contributed by atoms with van der Waals surface area (Å²) in [5.74, 6) is -0.0493. The van der Waals surface area contributed by atoms with Crippen LogP contribution in [-0.4, -0.2) is 22.4 Å². The monoisotopic (exact) mass is 291 g/mol. The van der Waals surface area contributed by atoms with Crippen molar-refractivity contribution in [1.29, 1.82) is 0 Å². The quantitative estimate of drug-likeness (QED) is 0.852. The predicted octanol–water partition coefficient (Wildman–Crippen LogP) is 2.46. The van der Waals surface area contributed by atoms with Crippen LogP contribution in [0.15, 0.2) is 30.5 Å². The van der Waals surface area contributed by atoms with Crippen molar-refractivity contribution in [3.05, 3.63) is 47.5 Å². The van der Waals surface area contributed by atoms with Crippen molar-refractivity contribution in [2.75, 3.05) is 6.61 Å². The van der Waals surface area contributed by atoms with Crippen molar-refractivity contribution in [3.8, 4) is 5.75 Å². The molecule has 1 aromatic heterocycles. The van der Waals surface area contributed by atoms with Crippen molar-refractivity contribution < 1.29 is 9.13 Å². The van der Waals surface area contributed by atoms with Crippen LogP contribution in [0.1, 0.15) is 24.6 Å². The van der Waals surface area contributed by atoms with Gasteiger partial charge in [0, 0.05) is 31.4 Å². The zero-order chi connectivity index (χ0) is 15.2. The van der Waals surface area contributed by atoms with Crippen molar-refractivity contribution in [1.82, 2.24) is 9.78 Å². The highest BCUT2D eigenvalue weighted by Crippen LogP contribution is 2.19. The number of nitrogens with two attached hydrogens (primary N) is 1. The van der Waals surface area contributed by atoms with E-state index < -0.39 is 0 Å². The third-order valence-corrected chi connectivity index (χ3v) is 3.56. The molecule has 21 heavy (non-hydrogen) atoms. The average molecular weight is 291 g/mol. The number of benzene rings is 1. The molecule has 0 spiro atoms. The first kappa shape index (κ1) is 15.5. The van der Waals surface area contributed by atoms with Crippen molar-refractivity contribution in [2.45, 2.75) is 32.2 Å². The van der Waals surface area contributed by atoms with E-state index in [1.807, 2.05) is 26.1 Å². The summed E-state index contributed by atoms with van der Waals surface area (Å²) in [6, 6.07) is 7.05. The Kier molecular flexibility index (Phi) is 5.33. The third-order valence-electron chi connectivity index (χ3n) is 3.56. The van der Waals surface area contributed by atoms with Crippen LogP contribution in [0.5, 0.6) is 5.75 Å². The lowest BCUT2D eigenvalue weighted by molar-refractivity contribution is 0.302. The molecule has 2 N–H and O–H groups in total. The molecule has 0 aliphatic heterocycles. The van der Waals surface area contributed by atoms with Gasteiger partial charge in [0.25, 0.3) is 0 Å². The highest BCUT2D eigenvalue weighted by Gasteiger charge is 2.08. The summed E-state index contributed by atoms with van der Waals surface area (Å²) in [5, 5.41) is 4.08. The molecular formula is C16H22FN3O. The molecule has 2 rings (SSSR count). The standard InChI is InChI=1S/C16H22FN3O/c1-3-13(18)10-12-4-5-16(15(17)11-12)21-9-7-14-6-8-19-20(14)2/h4-6,8,11,13H,3,7,9-10,18H2,1-2H3. The van der Waals surface area contributed by atoms with E-state index in [0.717, 1.165) is 17.7 Å². The van der Waals surface area contributed by atoms with E-state index in [0.29, 0.717) is 19.4 Å². The van der Waals surface area contributed by atoms with Crippen LogP contribution in [0.3, 0.4) is 0 Å². The molecule has 0 aliphatic rings. The Bertz CT molecular complexity index is 583. The molecule has 0 aliphatic carbocycles. The molecule has 1 aromatic carbocycles. The summed E-state index contributed by atoms with van der Waals surface area (Å²) >= 11 is 0. The normalized spacial score (nSPS) is 12.4. The Morgan fingerprint density at radius 3 is 2.81 bits per heavy atom. The van der Waals surface area contributed by atoms with E-state index in [9.17, 15) is 4.39 Å². The first-order chi connectivity index (χ1) is 10.1. The summed E-state index contributed by atoms with van der Waals surface area (Å²) in [5.41, 5.74) is 7.84. The van der Waals surface area contributed by atoms with Gasteiger partial charge in [0.1, 0.15) is 0 Å². The number of ether oxygens (including phenoxy) is 1. The number of nitrogens with zero attached hydrogens (tertiary/aromatic N) is 2. The molecule has 5 heteroatoms. The van der Waals surface area contributed by atoms with Gasteiger partial charge in [-0.15, -0.1) is 0 Å². The first-order valence-corrected chi connectivity index (χ1v) is 7.23. The maximum atomic E-state index is 14.0. The maximum Gasteiger partial charge on any atom is 0.165 e. The number of hydrogen-bond donors (Lipinski definition) is 1. The molecular weight excluding hydrogens is 269 g/mol. The minimum atomic E-state index is -0.333. The zero-order valence-corrected chi connectivity index (χ0v) is 12.6. The molecule has 2 aromatic rings. The number of hydrogen-bond acceptors (Lipinski definition) is 3. The Balaban J connectivity index is 1.90. The molecule has 1 atom stereocenters. The molecule has 1 heterocycles. The van der Waals surface area contributed by atoms with E-state index in [2.05, 4.69) is 5.10 Å². The molecule has 4 nitrogen and oxygen atoms in total. The van der Waals surface area contributed by atoms with Crippen LogP contribution in [0.4, 0.5) is 4.39 Å². The van der Waals surface area contributed by atoms with Gasteiger partial charge in [-0.25, -0.2) is 4.39 Å². The van der Waals surface area contributed by atoms with Gasteiger partial charge in [-0.2, -0.15) is 5.10 Å². The Hall–Kier alpha value is -1.88. The molecule has 114 valence electrons. The summed E-state index contributed by atoms with van der Waals surface area (Å²) < 4.78 is 21.3. The van der Waals surface area contributed by atoms with Crippen LogP contribution in [0, 0.1) is 5.82 Å². The molecule has 0 fully saturated rings. The fourth-order valence-electron chi connectivity index (χ4n) is 2.15. The predicted molar refractivity (Wildman–Crippen MR) is 80.8 cm³/mol. The van der Waals surface area contributed by atoms with Gasteiger partial charge in [-0.3, -0.25) is 4.68 Å². The number of aryl methyl sites for hydroxylation is 1. The lowest BCUT2D eigenvalue weighted by Gasteiger charge is -2.11. The van der Waals surface area contributed by atoms with E-state index in [1.54, 1.807) is 16.9 Å². The van der Waals surface area contributed by atoms with E-state index >= 15 is 0 Å². The smallest absolute Gasteiger partial charge is 0.165 e. The molecule has 0 bridgehead atoms. The first-order valence-electron chi connectivity index (χ1n) is 7.23. The minimum Gasteiger partial charge on any atom is -0.490 e. The lowest BCUT2D eigenvalue weighted by atomic mass is 10.0. The van der Waals surface area contributed by atoms with E-state index in [4.69, 9.17) is 10.5 Å². The van der Waals surface area contributed by atoms with E-state index in [-0.39, 0.29) is 17.6 Å². The summed E-state index contributed by atoms with van der Waals surface area (Å²) in [4.78, 5) is 0. The molecule has 0 saturated carbocycles. The molecule has 0 radical (unpaired) electrons. The summed E-state index contributed by atoms with van der Waals surface area (Å²) in [7, 11) is 1.88. The highest BCUT2D eigenvalue weighted by molar-refractivity contribution is 5.29. The second kappa shape index (κ2) is 7.22. The van der Waals surface area contributed by atoms with Gasteiger partial charge in [0.05, 0.1) is 6.61 Å². The number of rotatable bonds is 7. The second-order valence-corrected chi connectivity index (χ2v) is 5.18. The van der Waals surface area contributed by atoms with Gasteiger partial charge in [-0.1, -0.05) is 13.0 Å². The summed E-state index contributed by atoms with van der Waals surface area (Å²) in [6.45, 7) is 2.45. The van der Waals surface area contributed by atoms with Gasteiger partial charge in [0.15, 0.2) is 11.6 Å². The van der Waals surface area contributed by atoms with Crippen molar-refractivity contribution in [3.63, 3.8) is 0 Å². The van der Waals surface area contributed by atoms with Crippen LogP contribution in [-0.2, 0) is 19.9 Å². The van der Waals surface area contributed by atoms with E-state index in [1.165, 1.54) is 6.07 Å². The van der Waals surface area contributed by atoms with Gasteiger partial charge in [-0.05, 0) is 36.6 Å².